The monoisotopic (exact) mass is 670 g/mol. The van der Waals surface area contributed by atoms with E-state index in [1.807, 2.05) is 48.5 Å². The van der Waals surface area contributed by atoms with Crippen LogP contribution in [0.3, 0.4) is 0 Å². The largest absolute Gasteiger partial charge is 0.493 e. The molecule has 9 nitrogen and oxygen atoms in total. The molecule has 2 N–H and O–H groups in total. The second kappa shape index (κ2) is 14.5. The zero-order chi connectivity index (χ0) is 34.6. The average Bonchev–Trinajstić information content (AvgIpc) is 3.75. The van der Waals surface area contributed by atoms with Crippen LogP contribution in [-0.4, -0.2) is 68.7 Å². The maximum absolute atomic E-state index is 13.7. The molecule has 0 radical (unpaired) electrons. The molecule has 0 spiro atoms. The van der Waals surface area contributed by atoms with Gasteiger partial charge in [-0.3, -0.25) is 14.4 Å². The molecule has 0 saturated carbocycles. The van der Waals surface area contributed by atoms with Crippen LogP contribution in [-0.2, 0) is 20.8 Å². The SMILES string of the molecule is CC(C)(C)COc1ccc(-c2cnc(-c3ccc(C[C@H](NC(=O)C4CC=C(C(C)(C)C)S4)C(=O)N4CC[C@H](C(=O)O)C4)cc3)nc2)cc1. The Balaban J connectivity index is 1.25. The summed E-state index contributed by atoms with van der Waals surface area (Å²) in [4.78, 5) is 50.6. The number of thioether (sulfide) groups is 1. The van der Waals surface area contributed by atoms with Gasteiger partial charge in [0.15, 0.2) is 5.82 Å². The van der Waals surface area contributed by atoms with E-state index in [1.165, 1.54) is 4.91 Å². The highest BCUT2D eigenvalue weighted by Gasteiger charge is 2.37. The Kier molecular flexibility index (Phi) is 10.6. The number of aliphatic carboxylic acids is 1. The van der Waals surface area contributed by atoms with Gasteiger partial charge in [-0.25, -0.2) is 9.97 Å². The molecule has 5 rings (SSSR count). The van der Waals surface area contributed by atoms with Crippen LogP contribution in [0.25, 0.3) is 22.5 Å². The number of carbonyl (C=O) groups is 3. The Hall–Kier alpha value is -4.18. The lowest BCUT2D eigenvalue weighted by atomic mass is 9.95. The first kappa shape index (κ1) is 35.1. The quantitative estimate of drug-likeness (QED) is 0.247. The number of allylic oxidation sites excluding steroid dienone is 2. The van der Waals surface area contributed by atoms with Crippen LogP contribution in [0, 0.1) is 16.7 Å². The number of hydrogen-bond donors (Lipinski definition) is 2. The zero-order valence-electron chi connectivity index (χ0n) is 28.7. The smallest absolute Gasteiger partial charge is 0.308 e. The van der Waals surface area contributed by atoms with Gasteiger partial charge in [0.05, 0.1) is 17.8 Å². The van der Waals surface area contributed by atoms with Crippen molar-refractivity contribution < 1.29 is 24.2 Å². The molecule has 3 heterocycles. The van der Waals surface area contributed by atoms with Crippen molar-refractivity contribution in [2.24, 2.45) is 16.7 Å². The van der Waals surface area contributed by atoms with Gasteiger partial charge in [0.1, 0.15) is 11.8 Å². The third-order valence-electron chi connectivity index (χ3n) is 8.45. The number of likely N-dealkylation sites (tertiary alicyclic amines) is 1. The van der Waals surface area contributed by atoms with E-state index in [2.05, 4.69) is 62.9 Å². The van der Waals surface area contributed by atoms with Crippen LogP contribution in [0.1, 0.15) is 59.9 Å². The second-order valence-corrected chi connectivity index (χ2v) is 16.1. The van der Waals surface area contributed by atoms with Gasteiger partial charge < -0.3 is 20.1 Å². The Morgan fingerprint density at radius 3 is 2.17 bits per heavy atom. The molecule has 1 fully saturated rings. The number of aromatic nitrogens is 2. The molecular weight excluding hydrogens is 625 g/mol. The lowest BCUT2D eigenvalue weighted by Gasteiger charge is -2.26. The molecule has 0 aliphatic carbocycles. The van der Waals surface area contributed by atoms with Crippen molar-refractivity contribution in [3.05, 3.63) is 77.5 Å². The first-order valence-corrected chi connectivity index (χ1v) is 17.4. The normalized spacial score (nSPS) is 18.7. The molecule has 10 heteroatoms. The van der Waals surface area contributed by atoms with Gasteiger partial charge in [0.2, 0.25) is 11.8 Å². The molecule has 2 aliphatic rings. The number of nitrogens with zero attached hydrogens (tertiary/aromatic N) is 3. The summed E-state index contributed by atoms with van der Waals surface area (Å²) in [6.07, 6.45) is 7.00. The van der Waals surface area contributed by atoms with Crippen molar-refractivity contribution in [3.63, 3.8) is 0 Å². The van der Waals surface area contributed by atoms with Crippen molar-refractivity contribution in [3.8, 4) is 28.3 Å². The van der Waals surface area contributed by atoms with E-state index in [1.54, 1.807) is 29.1 Å². The Morgan fingerprint density at radius 2 is 1.60 bits per heavy atom. The fraction of sp³-hybridized carbons (Fsp3) is 0.447. The van der Waals surface area contributed by atoms with Gasteiger partial charge in [-0.15, -0.1) is 11.8 Å². The molecule has 0 bridgehead atoms. The second-order valence-electron chi connectivity index (χ2n) is 14.9. The minimum atomic E-state index is -0.904. The van der Waals surface area contributed by atoms with Gasteiger partial charge >= 0.3 is 5.97 Å². The van der Waals surface area contributed by atoms with Crippen LogP contribution in [0.2, 0.25) is 0 Å². The summed E-state index contributed by atoms with van der Waals surface area (Å²) in [6, 6.07) is 14.8. The molecule has 3 atom stereocenters. The topological polar surface area (TPSA) is 122 Å². The highest BCUT2D eigenvalue weighted by molar-refractivity contribution is 8.04. The molecule has 2 aromatic carbocycles. The van der Waals surface area contributed by atoms with Crippen molar-refractivity contribution in [2.75, 3.05) is 19.7 Å². The molecule has 2 aliphatic heterocycles. The maximum Gasteiger partial charge on any atom is 0.308 e. The van der Waals surface area contributed by atoms with E-state index in [-0.39, 0.29) is 40.9 Å². The molecule has 1 aromatic heterocycles. The van der Waals surface area contributed by atoms with Gasteiger partial charge in [0, 0.05) is 43.0 Å². The van der Waals surface area contributed by atoms with E-state index < -0.39 is 17.9 Å². The molecule has 3 aromatic rings. The number of rotatable bonds is 10. The summed E-state index contributed by atoms with van der Waals surface area (Å²) < 4.78 is 5.88. The summed E-state index contributed by atoms with van der Waals surface area (Å²) in [7, 11) is 0. The maximum atomic E-state index is 13.7. The molecule has 254 valence electrons. The van der Waals surface area contributed by atoms with Crippen molar-refractivity contribution in [1.29, 1.82) is 0 Å². The van der Waals surface area contributed by atoms with E-state index in [4.69, 9.17) is 4.74 Å². The van der Waals surface area contributed by atoms with Crippen molar-refractivity contribution in [2.45, 2.75) is 72.1 Å². The van der Waals surface area contributed by atoms with Crippen LogP contribution >= 0.6 is 11.8 Å². The molecule has 2 amide bonds. The van der Waals surface area contributed by atoms with E-state index in [0.29, 0.717) is 31.8 Å². The number of hydrogen-bond acceptors (Lipinski definition) is 7. The Bertz CT molecular complexity index is 1640. The summed E-state index contributed by atoms with van der Waals surface area (Å²) in [5, 5.41) is 12.2. The van der Waals surface area contributed by atoms with Crippen LogP contribution in [0.15, 0.2) is 71.9 Å². The number of ether oxygens (including phenoxy) is 1. The summed E-state index contributed by atoms with van der Waals surface area (Å²) in [5.41, 5.74) is 3.62. The third kappa shape index (κ3) is 9.04. The molecule has 48 heavy (non-hydrogen) atoms. The fourth-order valence-corrected chi connectivity index (χ4v) is 6.87. The van der Waals surface area contributed by atoms with Gasteiger partial charge in [-0.1, -0.05) is 84.0 Å². The first-order chi connectivity index (χ1) is 22.7. The summed E-state index contributed by atoms with van der Waals surface area (Å²) in [6.45, 7) is 13.9. The molecule has 1 unspecified atom stereocenters. The standard InChI is InChI=1S/C38H46N4O5S/c1-37(2,3)23-47-29-13-11-25(12-14-29)28-20-39-33(40-21-28)26-9-7-24(8-10-26)19-30(35(44)42-18-17-27(22-42)36(45)46)41-34(43)31-15-16-32(48-31)38(4,5)6/h7-14,16,20-21,27,30-31H,15,17-19,22-23H2,1-6H3,(H,41,43)(H,45,46)/t27-,30-,31?/m0/s1. The van der Waals surface area contributed by atoms with E-state index in [0.717, 1.165) is 28.0 Å². The zero-order valence-corrected chi connectivity index (χ0v) is 29.5. The number of nitrogens with one attached hydrogen (secondary N) is 1. The highest BCUT2D eigenvalue weighted by Crippen LogP contribution is 2.43. The van der Waals surface area contributed by atoms with Gasteiger partial charge in [0.25, 0.3) is 0 Å². The predicted molar refractivity (Wildman–Crippen MR) is 189 cm³/mol. The summed E-state index contributed by atoms with van der Waals surface area (Å²) >= 11 is 1.55. The fourth-order valence-electron chi connectivity index (χ4n) is 5.65. The van der Waals surface area contributed by atoms with Crippen LogP contribution < -0.4 is 10.1 Å². The van der Waals surface area contributed by atoms with Gasteiger partial charge in [-0.05, 0) is 51.8 Å². The van der Waals surface area contributed by atoms with Crippen molar-refractivity contribution >= 4 is 29.5 Å². The molecular formula is C38H46N4O5S. The summed E-state index contributed by atoms with van der Waals surface area (Å²) in [5.74, 6) is -0.529. The lowest BCUT2D eigenvalue weighted by Crippen LogP contribution is -2.51. The number of carbonyl (C=O) groups excluding carboxylic acids is 2. The van der Waals surface area contributed by atoms with E-state index >= 15 is 0 Å². The van der Waals surface area contributed by atoms with Crippen molar-refractivity contribution in [1.82, 2.24) is 20.2 Å². The van der Waals surface area contributed by atoms with Crippen LogP contribution in [0.4, 0.5) is 0 Å². The minimum Gasteiger partial charge on any atom is -0.493 e. The predicted octanol–water partition coefficient (Wildman–Crippen LogP) is 6.63. The number of benzene rings is 2. The minimum absolute atomic E-state index is 0.0467. The number of amides is 2. The highest BCUT2D eigenvalue weighted by atomic mass is 32.2. The average molecular weight is 671 g/mol. The van der Waals surface area contributed by atoms with Gasteiger partial charge in [-0.2, -0.15) is 0 Å². The van der Waals surface area contributed by atoms with E-state index in [9.17, 15) is 19.5 Å². The number of carboxylic acids is 1. The Labute approximate surface area is 287 Å². The first-order valence-electron chi connectivity index (χ1n) is 16.5. The Morgan fingerprint density at radius 1 is 0.958 bits per heavy atom. The van der Waals surface area contributed by atoms with Crippen LogP contribution in [0.5, 0.6) is 5.75 Å². The third-order valence-corrected chi connectivity index (χ3v) is 10.2. The number of carboxylic acid groups (broad SMARTS) is 1. The lowest BCUT2D eigenvalue weighted by molar-refractivity contribution is -0.142. The molecule has 1 saturated heterocycles.